The van der Waals surface area contributed by atoms with Gasteiger partial charge in [-0.3, -0.25) is 14.4 Å². The Kier molecular flexibility index (Phi) is 14.3. The van der Waals surface area contributed by atoms with E-state index in [4.69, 9.17) is 14.5 Å². The third kappa shape index (κ3) is 10.00. The number of carbonyl (C=O) groups excluding carboxylic acids is 4. The van der Waals surface area contributed by atoms with E-state index in [1.165, 1.54) is 19.3 Å². The molecule has 1 unspecified atom stereocenters. The van der Waals surface area contributed by atoms with Crippen LogP contribution >= 0.6 is 0 Å². The Morgan fingerprint density at radius 1 is 0.931 bits per heavy atom. The SMILES string of the molecule is CC[C@@H]1C(=O)N(C)C2=CCC(Nc3ccc(C(=O)NC4CCN(CCCC(=O)N[C@@H](C(=O)OC5CCCC5)C5CCCCC5)CC4)cc3OC)N=C2N1C1CCCC1. The highest BCUT2D eigenvalue weighted by molar-refractivity contribution is 6.08. The number of fused-ring (bicyclic) bond motifs is 1. The first-order valence-electron chi connectivity index (χ1n) is 22.5. The van der Waals surface area contributed by atoms with Gasteiger partial charge in [0.25, 0.3) is 5.91 Å². The van der Waals surface area contributed by atoms with E-state index in [0.29, 0.717) is 30.2 Å². The number of nitrogens with zero attached hydrogens (tertiary/aromatic N) is 4. The lowest BCUT2D eigenvalue weighted by Gasteiger charge is -2.47. The summed E-state index contributed by atoms with van der Waals surface area (Å²) in [4.78, 5) is 64.7. The van der Waals surface area contributed by atoms with Crippen molar-refractivity contribution in [2.75, 3.05) is 39.1 Å². The molecular weight excluding hydrogens is 735 g/mol. The summed E-state index contributed by atoms with van der Waals surface area (Å²) in [6.07, 6.45) is 19.9. The highest BCUT2D eigenvalue weighted by atomic mass is 16.5. The van der Waals surface area contributed by atoms with Crippen molar-refractivity contribution in [1.29, 1.82) is 0 Å². The zero-order chi connectivity index (χ0) is 40.6. The molecule has 3 N–H and O–H groups in total. The minimum Gasteiger partial charge on any atom is -0.495 e. The van der Waals surface area contributed by atoms with Gasteiger partial charge in [0.1, 0.15) is 30.1 Å². The maximum Gasteiger partial charge on any atom is 0.329 e. The molecule has 0 spiro atoms. The standard InChI is InChI=1S/C45H67N7O6/c1-4-36-44(55)50(2)37-22-23-39(48-42(37)52(36)33-15-8-9-16-33)47-35-21-20-31(29-38(35)57-3)43(54)46-32-24-27-51(28-25-32)26-12-19-40(53)49-41(30-13-6-5-7-14-30)45(56)58-34-17-10-11-18-34/h20-22,29-30,32-34,36,39,41,47H,4-19,23-28H2,1-3H3,(H,46,54)(H,49,53)/t36-,39?,41-/m1/s1. The topological polar surface area (TPSA) is 145 Å². The van der Waals surface area contributed by atoms with Crippen LogP contribution in [0.15, 0.2) is 35.0 Å². The number of likely N-dealkylation sites (tertiary alicyclic amines) is 1. The summed E-state index contributed by atoms with van der Waals surface area (Å²) in [5, 5.41) is 9.87. The minimum absolute atomic E-state index is 0.000130. The number of hydrogen-bond acceptors (Lipinski definition) is 10. The molecular formula is C45H67N7O6. The lowest BCUT2D eigenvalue weighted by atomic mass is 9.83. The number of amides is 3. The lowest BCUT2D eigenvalue weighted by Crippen LogP contribution is -2.60. The van der Waals surface area contributed by atoms with Gasteiger partial charge in [-0.2, -0.15) is 0 Å². The molecule has 58 heavy (non-hydrogen) atoms. The van der Waals surface area contributed by atoms with E-state index in [9.17, 15) is 19.2 Å². The molecule has 3 atom stereocenters. The van der Waals surface area contributed by atoms with Crippen LogP contribution in [0.2, 0.25) is 0 Å². The van der Waals surface area contributed by atoms with E-state index < -0.39 is 6.04 Å². The fourth-order valence-electron chi connectivity index (χ4n) is 10.2. The molecule has 7 rings (SSSR count). The number of methoxy groups -OCH3 is 1. The molecule has 1 aromatic carbocycles. The Hall–Kier alpha value is -4.13. The van der Waals surface area contributed by atoms with Crippen molar-refractivity contribution in [3.05, 3.63) is 35.5 Å². The van der Waals surface area contributed by atoms with Crippen LogP contribution < -0.4 is 20.7 Å². The second-order valence-electron chi connectivity index (χ2n) is 17.5. The van der Waals surface area contributed by atoms with Gasteiger partial charge in [-0.25, -0.2) is 9.79 Å². The van der Waals surface area contributed by atoms with E-state index in [1.54, 1.807) is 18.1 Å². The molecule has 13 heteroatoms. The molecule has 0 aromatic heterocycles. The smallest absolute Gasteiger partial charge is 0.329 e. The van der Waals surface area contributed by atoms with Gasteiger partial charge in [0.15, 0.2) is 5.84 Å². The number of esters is 1. The number of nitrogens with one attached hydrogen (secondary N) is 3. The van der Waals surface area contributed by atoms with Gasteiger partial charge < -0.3 is 40.1 Å². The number of rotatable bonds is 15. The number of anilines is 1. The predicted octanol–water partition coefficient (Wildman–Crippen LogP) is 6.14. The van der Waals surface area contributed by atoms with E-state index >= 15 is 0 Å². The molecule has 0 radical (unpaired) electrons. The number of likely N-dealkylation sites (N-methyl/N-ethyl adjacent to an activating group) is 1. The molecule has 2 saturated heterocycles. The fraction of sp³-hybridized carbons (Fsp3) is 0.711. The van der Waals surface area contributed by atoms with Crippen molar-refractivity contribution < 1.29 is 28.7 Å². The molecule has 0 bridgehead atoms. The van der Waals surface area contributed by atoms with Crippen LogP contribution in [0.3, 0.4) is 0 Å². The maximum atomic E-state index is 13.4. The van der Waals surface area contributed by atoms with Gasteiger partial charge in [0.2, 0.25) is 11.8 Å². The largest absolute Gasteiger partial charge is 0.495 e. The Morgan fingerprint density at radius 2 is 1.64 bits per heavy atom. The second-order valence-corrected chi connectivity index (χ2v) is 17.5. The number of benzene rings is 1. The van der Waals surface area contributed by atoms with Crippen LogP contribution in [-0.2, 0) is 19.1 Å². The van der Waals surface area contributed by atoms with Crippen molar-refractivity contribution in [2.45, 2.75) is 165 Å². The molecule has 13 nitrogen and oxygen atoms in total. The number of piperidine rings is 1. The average molecular weight is 802 g/mol. The average Bonchev–Trinajstić information content (AvgIpc) is 3.98. The van der Waals surface area contributed by atoms with E-state index in [1.807, 2.05) is 19.2 Å². The van der Waals surface area contributed by atoms with Crippen molar-refractivity contribution in [1.82, 2.24) is 25.3 Å². The summed E-state index contributed by atoms with van der Waals surface area (Å²) in [6.45, 7) is 4.57. The number of ether oxygens (including phenoxy) is 2. The number of hydrogen-bond donors (Lipinski definition) is 3. The van der Waals surface area contributed by atoms with Gasteiger partial charge in [0.05, 0.1) is 18.5 Å². The van der Waals surface area contributed by atoms with Crippen molar-refractivity contribution in [2.24, 2.45) is 10.9 Å². The van der Waals surface area contributed by atoms with E-state index in [2.05, 4.69) is 38.7 Å². The van der Waals surface area contributed by atoms with Gasteiger partial charge in [0, 0.05) is 50.6 Å². The molecule has 6 aliphatic rings. The molecule has 1 aromatic rings. The van der Waals surface area contributed by atoms with Gasteiger partial charge in [-0.1, -0.05) is 45.1 Å². The summed E-state index contributed by atoms with van der Waals surface area (Å²) in [5.41, 5.74) is 2.20. The zero-order valence-corrected chi connectivity index (χ0v) is 35.1. The highest BCUT2D eigenvalue weighted by Gasteiger charge is 2.44. The summed E-state index contributed by atoms with van der Waals surface area (Å²) < 4.78 is 11.6. The van der Waals surface area contributed by atoms with Gasteiger partial charge >= 0.3 is 5.97 Å². The summed E-state index contributed by atoms with van der Waals surface area (Å²) >= 11 is 0. The monoisotopic (exact) mass is 802 g/mol. The summed E-state index contributed by atoms with van der Waals surface area (Å²) in [5.74, 6) is 1.34. The zero-order valence-electron chi connectivity index (χ0n) is 35.1. The van der Waals surface area contributed by atoms with Crippen LogP contribution in [0.1, 0.15) is 139 Å². The summed E-state index contributed by atoms with van der Waals surface area (Å²) in [7, 11) is 3.47. The first kappa shape index (κ1) is 42.0. The van der Waals surface area contributed by atoms with Crippen molar-refractivity contribution in [3.63, 3.8) is 0 Å². The Balaban J connectivity index is 0.870. The predicted molar refractivity (Wildman–Crippen MR) is 224 cm³/mol. The molecule has 3 amide bonds. The fourth-order valence-corrected chi connectivity index (χ4v) is 10.2. The highest BCUT2D eigenvalue weighted by Crippen LogP contribution is 2.36. The number of aliphatic imine (C=N–C) groups is 1. The number of carbonyl (C=O) groups is 4. The number of amidine groups is 1. The number of dihydropyridines is 1. The maximum absolute atomic E-state index is 13.4. The van der Waals surface area contributed by atoms with Crippen LogP contribution in [0.25, 0.3) is 0 Å². The molecule has 3 saturated carbocycles. The van der Waals surface area contributed by atoms with Crippen LogP contribution in [0.4, 0.5) is 5.69 Å². The molecule has 318 valence electrons. The number of piperazine rings is 1. The lowest BCUT2D eigenvalue weighted by molar-refractivity contribution is -0.155. The third-order valence-electron chi connectivity index (χ3n) is 13.6. The van der Waals surface area contributed by atoms with Crippen molar-refractivity contribution in [3.8, 4) is 5.75 Å². The van der Waals surface area contributed by atoms with Gasteiger partial charge in [-0.15, -0.1) is 0 Å². The Morgan fingerprint density at radius 3 is 2.34 bits per heavy atom. The molecule has 3 heterocycles. The van der Waals surface area contributed by atoms with E-state index in [-0.39, 0.29) is 54.0 Å². The second kappa shape index (κ2) is 19.7. The molecule has 3 aliphatic carbocycles. The van der Waals surface area contributed by atoms with Gasteiger partial charge in [-0.05, 0) is 108 Å². The van der Waals surface area contributed by atoms with Crippen LogP contribution in [-0.4, -0.2) is 114 Å². The quantitative estimate of drug-likeness (QED) is 0.178. The van der Waals surface area contributed by atoms with Crippen LogP contribution in [0, 0.1) is 5.92 Å². The first-order valence-corrected chi connectivity index (χ1v) is 22.5. The van der Waals surface area contributed by atoms with Crippen molar-refractivity contribution >= 4 is 35.2 Å². The third-order valence-corrected chi connectivity index (χ3v) is 13.6. The normalized spacial score (nSPS) is 24.5. The summed E-state index contributed by atoms with van der Waals surface area (Å²) in [6, 6.07) is 5.15. The Bertz CT molecular complexity index is 1670. The Labute approximate surface area is 345 Å². The van der Waals surface area contributed by atoms with E-state index in [0.717, 1.165) is 127 Å². The first-order chi connectivity index (χ1) is 28.2. The molecule has 5 fully saturated rings. The minimum atomic E-state index is -0.535. The van der Waals surface area contributed by atoms with Crippen LogP contribution in [0.5, 0.6) is 5.75 Å². The molecule has 3 aliphatic heterocycles.